The molecule has 0 unspecified atom stereocenters. The van der Waals surface area contributed by atoms with E-state index in [0.717, 1.165) is 6.07 Å². The summed E-state index contributed by atoms with van der Waals surface area (Å²) in [6.07, 6.45) is -4.38. The normalized spacial score (nSPS) is 11.8. The molecule has 1 rings (SSSR count). The molecule has 0 aliphatic heterocycles. The standard InChI is InChI=1S/C8H9F3N2S/c1-5-3-7(8(9,10)11)12-13(5)4-6(2)14/h3H,4H2,1-2H3. The smallest absolute Gasteiger partial charge is 0.264 e. The van der Waals surface area contributed by atoms with Crippen LogP contribution in [0.1, 0.15) is 18.3 Å². The summed E-state index contributed by atoms with van der Waals surface area (Å²) in [5.74, 6) is 0. The van der Waals surface area contributed by atoms with Crippen LogP contribution in [0.3, 0.4) is 0 Å². The Morgan fingerprint density at radius 3 is 2.50 bits per heavy atom. The minimum atomic E-state index is -4.38. The van der Waals surface area contributed by atoms with E-state index in [1.54, 1.807) is 13.8 Å². The highest BCUT2D eigenvalue weighted by Gasteiger charge is 2.34. The predicted molar refractivity (Wildman–Crippen MR) is 50.2 cm³/mol. The minimum absolute atomic E-state index is 0.247. The fourth-order valence-electron chi connectivity index (χ4n) is 1.02. The van der Waals surface area contributed by atoms with E-state index in [0.29, 0.717) is 10.6 Å². The lowest BCUT2D eigenvalue weighted by Gasteiger charge is -2.02. The van der Waals surface area contributed by atoms with Crippen LogP contribution in [0, 0.1) is 6.92 Å². The molecule has 1 aromatic rings. The van der Waals surface area contributed by atoms with Crippen LogP contribution in [0.15, 0.2) is 6.07 Å². The number of halogens is 3. The van der Waals surface area contributed by atoms with Gasteiger partial charge in [0.2, 0.25) is 0 Å². The van der Waals surface area contributed by atoms with Crippen molar-refractivity contribution in [3.63, 3.8) is 0 Å². The summed E-state index contributed by atoms with van der Waals surface area (Å²) >= 11 is 4.80. The zero-order valence-electron chi connectivity index (χ0n) is 7.72. The van der Waals surface area contributed by atoms with E-state index in [-0.39, 0.29) is 6.54 Å². The Balaban J connectivity index is 2.99. The number of hydrogen-bond acceptors (Lipinski definition) is 2. The molecule has 78 valence electrons. The maximum absolute atomic E-state index is 12.2. The molecule has 0 saturated carbocycles. The lowest BCUT2D eigenvalue weighted by atomic mass is 10.3. The van der Waals surface area contributed by atoms with Gasteiger partial charge in [0.15, 0.2) is 5.69 Å². The van der Waals surface area contributed by atoms with Crippen molar-refractivity contribution in [2.45, 2.75) is 26.6 Å². The summed E-state index contributed by atoms with van der Waals surface area (Å²) in [5.41, 5.74) is -0.409. The molecule has 6 heteroatoms. The fourth-order valence-corrected chi connectivity index (χ4v) is 1.14. The largest absolute Gasteiger partial charge is 0.435 e. The van der Waals surface area contributed by atoms with Crippen molar-refractivity contribution >= 4 is 17.1 Å². The van der Waals surface area contributed by atoms with Gasteiger partial charge in [0.05, 0.1) is 6.54 Å². The van der Waals surface area contributed by atoms with Gasteiger partial charge < -0.3 is 0 Å². The second-order valence-corrected chi connectivity index (χ2v) is 3.73. The van der Waals surface area contributed by atoms with E-state index < -0.39 is 11.9 Å². The number of nitrogens with zero attached hydrogens (tertiary/aromatic N) is 2. The van der Waals surface area contributed by atoms with Crippen LogP contribution in [0.4, 0.5) is 13.2 Å². The molecular formula is C8H9F3N2S. The summed E-state index contributed by atoms with van der Waals surface area (Å²) in [5, 5.41) is 3.43. The van der Waals surface area contributed by atoms with E-state index in [9.17, 15) is 13.2 Å². The Hall–Kier alpha value is -0.910. The summed E-state index contributed by atoms with van der Waals surface area (Å²) in [7, 11) is 0. The topological polar surface area (TPSA) is 17.8 Å². The lowest BCUT2D eigenvalue weighted by Crippen LogP contribution is -2.11. The quantitative estimate of drug-likeness (QED) is 0.716. The molecule has 0 saturated heterocycles. The molecular weight excluding hydrogens is 213 g/mol. The van der Waals surface area contributed by atoms with E-state index in [1.807, 2.05) is 0 Å². The Morgan fingerprint density at radius 1 is 1.57 bits per heavy atom. The Labute approximate surface area is 84.7 Å². The third-order valence-electron chi connectivity index (χ3n) is 1.64. The first-order valence-corrected chi connectivity index (χ1v) is 4.32. The molecule has 0 aliphatic rings. The zero-order chi connectivity index (χ0) is 10.9. The first-order valence-electron chi connectivity index (χ1n) is 3.92. The molecule has 14 heavy (non-hydrogen) atoms. The lowest BCUT2D eigenvalue weighted by molar-refractivity contribution is -0.141. The molecule has 0 fully saturated rings. The number of thiocarbonyl (C=S) groups is 1. The van der Waals surface area contributed by atoms with E-state index in [2.05, 4.69) is 5.10 Å². The first kappa shape index (κ1) is 11.2. The summed E-state index contributed by atoms with van der Waals surface area (Å²) in [6, 6.07) is 1.01. The van der Waals surface area contributed by atoms with Crippen LogP contribution in [0.5, 0.6) is 0 Å². The zero-order valence-corrected chi connectivity index (χ0v) is 8.54. The van der Waals surface area contributed by atoms with Crippen LogP contribution >= 0.6 is 12.2 Å². The SMILES string of the molecule is CC(=S)Cn1nc(C(F)(F)F)cc1C. The van der Waals surface area contributed by atoms with Gasteiger partial charge in [-0.1, -0.05) is 12.2 Å². The van der Waals surface area contributed by atoms with Gasteiger partial charge in [-0.3, -0.25) is 4.68 Å². The minimum Gasteiger partial charge on any atom is -0.264 e. The van der Waals surface area contributed by atoms with Gasteiger partial charge in [0.1, 0.15) is 0 Å². The molecule has 1 aromatic heterocycles. The monoisotopic (exact) mass is 222 g/mol. The van der Waals surface area contributed by atoms with E-state index in [1.165, 1.54) is 4.68 Å². The number of alkyl halides is 3. The van der Waals surface area contributed by atoms with Crippen molar-refractivity contribution < 1.29 is 13.2 Å². The first-order chi connectivity index (χ1) is 6.30. The third-order valence-corrected chi connectivity index (χ3v) is 1.77. The fraction of sp³-hybridized carbons (Fsp3) is 0.500. The Kier molecular flexibility index (Phi) is 2.94. The highest BCUT2D eigenvalue weighted by molar-refractivity contribution is 7.80. The highest BCUT2D eigenvalue weighted by Crippen LogP contribution is 2.28. The van der Waals surface area contributed by atoms with Crippen LogP contribution in [-0.2, 0) is 12.7 Å². The molecule has 0 radical (unpaired) electrons. The number of aryl methyl sites for hydroxylation is 1. The van der Waals surface area contributed by atoms with Gasteiger partial charge in [-0.2, -0.15) is 18.3 Å². The van der Waals surface area contributed by atoms with Gasteiger partial charge in [-0.05, 0) is 19.9 Å². The van der Waals surface area contributed by atoms with Crippen molar-refractivity contribution in [3.05, 3.63) is 17.5 Å². The molecule has 0 amide bonds. The highest BCUT2D eigenvalue weighted by atomic mass is 32.1. The molecule has 2 nitrogen and oxygen atoms in total. The molecule has 0 N–H and O–H groups in total. The van der Waals surface area contributed by atoms with Gasteiger partial charge in [-0.25, -0.2) is 0 Å². The average Bonchev–Trinajstić information content (AvgIpc) is 2.30. The number of aromatic nitrogens is 2. The van der Waals surface area contributed by atoms with Crippen LogP contribution in [0.2, 0.25) is 0 Å². The average molecular weight is 222 g/mol. The van der Waals surface area contributed by atoms with Crippen molar-refractivity contribution in [2.24, 2.45) is 0 Å². The van der Waals surface area contributed by atoms with Crippen LogP contribution in [-0.4, -0.2) is 14.6 Å². The molecule has 1 heterocycles. The Morgan fingerprint density at radius 2 is 2.14 bits per heavy atom. The van der Waals surface area contributed by atoms with E-state index in [4.69, 9.17) is 12.2 Å². The van der Waals surface area contributed by atoms with Gasteiger partial charge in [0, 0.05) is 10.6 Å². The summed E-state index contributed by atoms with van der Waals surface area (Å²) < 4.78 is 37.9. The number of rotatable bonds is 2. The van der Waals surface area contributed by atoms with Crippen molar-refractivity contribution in [1.29, 1.82) is 0 Å². The molecule has 0 bridgehead atoms. The predicted octanol–water partition coefficient (Wildman–Crippen LogP) is 2.60. The molecule has 0 spiro atoms. The van der Waals surface area contributed by atoms with Crippen molar-refractivity contribution in [1.82, 2.24) is 9.78 Å². The maximum Gasteiger partial charge on any atom is 0.435 e. The van der Waals surface area contributed by atoms with Gasteiger partial charge in [-0.15, -0.1) is 0 Å². The summed E-state index contributed by atoms with van der Waals surface area (Å²) in [4.78, 5) is 0.602. The second kappa shape index (κ2) is 3.68. The Bertz CT molecular complexity index is 354. The molecule has 0 atom stereocenters. The van der Waals surface area contributed by atoms with Crippen molar-refractivity contribution in [2.75, 3.05) is 0 Å². The van der Waals surface area contributed by atoms with Gasteiger partial charge in [0.25, 0.3) is 0 Å². The third kappa shape index (κ3) is 2.54. The molecule has 0 aliphatic carbocycles. The van der Waals surface area contributed by atoms with Gasteiger partial charge >= 0.3 is 6.18 Å². The number of hydrogen-bond donors (Lipinski definition) is 0. The molecule has 0 aromatic carbocycles. The van der Waals surface area contributed by atoms with Crippen molar-refractivity contribution in [3.8, 4) is 0 Å². The maximum atomic E-state index is 12.2. The van der Waals surface area contributed by atoms with E-state index >= 15 is 0 Å². The summed E-state index contributed by atoms with van der Waals surface area (Å²) in [6.45, 7) is 3.49. The van der Waals surface area contributed by atoms with Crippen LogP contribution < -0.4 is 0 Å². The second-order valence-electron chi connectivity index (χ2n) is 3.03. The van der Waals surface area contributed by atoms with Crippen LogP contribution in [0.25, 0.3) is 0 Å².